The van der Waals surface area contributed by atoms with E-state index < -0.39 is 11.6 Å². The number of hydrogen-bond acceptors (Lipinski definition) is 2. The summed E-state index contributed by atoms with van der Waals surface area (Å²) in [4.78, 5) is 4.08. The van der Waals surface area contributed by atoms with Crippen molar-refractivity contribution in [3.05, 3.63) is 23.8 Å². The first-order valence-electron chi connectivity index (χ1n) is 7.25. The molecule has 2 N–H and O–H groups in total. The van der Waals surface area contributed by atoms with E-state index in [1.54, 1.807) is 4.57 Å². The number of unbranched alkanes of at least 4 members (excludes halogenated alkanes) is 5. The lowest BCUT2D eigenvalue weighted by Crippen LogP contribution is -2.05. The van der Waals surface area contributed by atoms with Crippen molar-refractivity contribution in [1.82, 2.24) is 9.55 Å². The minimum absolute atomic E-state index is 0.177. The number of anilines is 1. The fourth-order valence-electron chi connectivity index (χ4n) is 2.45. The molecule has 0 atom stereocenters. The van der Waals surface area contributed by atoms with Crippen LogP contribution < -0.4 is 5.73 Å². The molecule has 1 aromatic carbocycles. The summed E-state index contributed by atoms with van der Waals surface area (Å²) in [6, 6.07) is 2.54. The molecule has 0 fully saturated rings. The number of nitrogen functional groups attached to an aromatic ring is 1. The van der Waals surface area contributed by atoms with E-state index in [9.17, 15) is 8.78 Å². The average molecular weight is 281 g/mol. The Labute approximate surface area is 117 Å². The van der Waals surface area contributed by atoms with E-state index in [1.807, 2.05) is 0 Å². The van der Waals surface area contributed by atoms with Crippen LogP contribution in [-0.2, 0) is 6.54 Å². The van der Waals surface area contributed by atoms with Crippen LogP contribution in [-0.4, -0.2) is 9.55 Å². The maximum Gasteiger partial charge on any atom is 0.201 e. The minimum Gasteiger partial charge on any atom is -0.369 e. The number of imidazole rings is 1. The number of nitrogens with two attached hydrogens (primary N) is 1. The molecule has 0 saturated heterocycles. The van der Waals surface area contributed by atoms with Gasteiger partial charge in [0.2, 0.25) is 5.95 Å². The van der Waals surface area contributed by atoms with Gasteiger partial charge in [-0.05, 0) is 18.6 Å². The van der Waals surface area contributed by atoms with Crippen molar-refractivity contribution in [3.63, 3.8) is 0 Å². The largest absolute Gasteiger partial charge is 0.369 e. The van der Waals surface area contributed by atoms with Gasteiger partial charge in [0.25, 0.3) is 0 Å². The van der Waals surface area contributed by atoms with Gasteiger partial charge < -0.3 is 10.3 Å². The molecule has 20 heavy (non-hydrogen) atoms. The molecule has 0 aliphatic heterocycles. The fraction of sp³-hybridized carbons (Fsp3) is 0.533. The molecule has 1 aromatic heterocycles. The number of aromatic nitrogens is 2. The third kappa shape index (κ3) is 3.08. The van der Waals surface area contributed by atoms with E-state index in [0.29, 0.717) is 12.1 Å². The van der Waals surface area contributed by atoms with Gasteiger partial charge in [-0.15, -0.1) is 0 Å². The Morgan fingerprint density at radius 3 is 2.55 bits per heavy atom. The second-order valence-electron chi connectivity index (χ2n) is 5.12. The van der Waals surface area contributed by atoms with Gasteiger partial charge in [-0.1, -0.05) is 39.0 Å². The minimum atomic E-state index is -0.863. The third-order valence-corrected chi connectivity index (χ3v) is 3.56. The normalized spacial score (nSPS) is 11.3. The van der Waals surface area contributed by atoms with Crippen molar-refractivity contribution < 1.29 is 8.78 Å². The van der Waals surface area contributed by atoms with Crippen LogP contribution in [0.4, 0.5) is 14.7 Å². The van der Waals surface area contributed by atoms with Crippen LogP contribution in [0.25, 0.3) is 11.0 Å². The SMILES string of the molecule is CCCCCCCCn1c(N)nc2ccc(F)c(F)c21. The Balaban J connectivity index is 2.06. The van der Waals surface area contributed by atoms with E-state index in [-0.39, 0.29) is 11.5 Å². The first-order valence-corrected chi connectivity index (χ1v) is 7.25. The molecule has 3 nitrogen and oxygen atoms in total. The number of fused-ring (bicyclic) bond motifs is 1. The van der Waals surface area contributed by atoms with Gasteiger partial charge >= 0.3 is 0 Å². The van der Waals surface area contributed by atoms with E-state index in [0.717, 1.165) is 25.3 Å². The topological polar surface area (TPSA) is 43.8 Å². The second kappa shape index (κ2) is 6.68. The van der Waals surface area contributed by atoms with Gasteiger partial charge in [0.1, 0.15) is 5.52 Å². The number of hydrogen-bond donors (Lipinski definition) is 1. The van der Waals surface area contributed by atoms with Crippen molar-refractivity contribution in [1.29, 1.82) is 0 Å². The predicted molar refractivity (Wildman–Crippen MR) is 77.4 cm³/mol. The summed E-state index contributed by atoms with van der Waals surface area (Å²) in [6.45, 7) is 2.75. The van der Waals surface area contributed by atoms with Crippen LogP contribution in [0.1, 0.15) is 45.4 Å². The standard InChI is InChI=1S/C15H21F2N3/c1-2-3-4-5-6-7-10-20-14-12(19-15(20)18)9-8-11(16)13(14)17/h8-9H,2-7,10H2,1H3,(H2,18,19). The number of halogens is 2. The Morgan fingerprint density at radius 1 is 1.10 bits per heavy atom. The Bertz CT molecular complexity index is 578. The van der Waals surface area contributed by atoms with Crippen LogP contribution >= 0.6 is 0 Å². The zero-order valence-corrected chi connectivity index (χ0v) is 11.8. The van der Waals surface area contributed by atoms with Gasteiger partial charge in [0.15, 0.2) is 11.6 Å². The first-order chi connectivity index (χ1) is 9.65. The van der Waals surface area contributed by atoms with Crippen molar-refractivity contribution in [2.24, 2.45) is 0 Å². The summed E-state index contributed by atoms with van der Waals surface area (Å²) >= 11 is 0. The van der Waals surface area contributed by atoms with Crippen molar-refractivity contribution in [2.75, 3.05) is 5.73 Å². The highest BCUT2D eigenvalue weighted by molar-refractivity contribution is 5.79. The molecule has 2 rings (SSSR count). The second-order valence-corrected chi connectivity index (χ2v) is 5.12. The molecule has 1 heterocycles. The zero-order valence-electron chi connectivity index (χ0n) is 11.8. The van der Waals surface area contributed by atoms with Crippen LogP contribution in [0.3, 0.4) is 0 Å². The molecule has 0 amide bonds. The molecule has 110 valence electrons. The van der Waals surface area contributed by atoms with E-state index in [2.05, 4.69) is 11.9 Å². The highest BCUT2D eigenvalue weighted by atomic mass is 19.2. The van der Waals surface area contributed by atoms with Gasteiger partial charge in [-0.25, -0.2) is 13.8 Å². The molecular formula is C15H21F2N3. The predicted octanol–water partition coefficient (Wildman–Crippen LogP) is 4.26. The van der Waals surface area contributed by atoms with Crippen LogP contribution in [0, 0.1) is 11.6 Å². The maximum absolute atomic E-state index is 13.9. The molecule has 5 heteroatoms. The molecule has 0 aliphatic carbocycles. The molecule has 0 saturated carbocycles. The molecular weight excluding hydrogens is 260 g/mol. The summed E-state index contributed by atoms with van der Waals surface area (Å²) < 4.78 is 28.7. The van der Waals surface area contributed by atoms with Gasteiger partial charge in [-0.3, -0.25) is 0 Å². The maximum atomic E-state index is 13.9. The number of rotatable bonds is 7. The van der Waals surface area contributed by atoms with Crippen molar-refractivity contribution in [3.8, 4) is 0 Å². The van der Waals surface area contributed by atoms with Gasteiger partial charge in [-0.2, -0.15) is 0 Å². The van der Waals surface area contributed by atoms with Gasteiger partial charge in [0.05, 0.1) is 5.52 Å². The van der Waals surface area contributed by atoms with Gasteiger partial charge in [0, 0.05) is 6.54 Å². The number of aryl methyl sites for hydroxylation is 1. The monoisotopic (exact) mass is 281 g/mol. The zero-order chi connectivity index (χ0) is 14.5. The van der Waals surface area contributed by atoms with Crippen LogP contribution in [0.5, 0.6) is 0 Å². The highest BCUT2D eigenvalue weighted by Crippen LogP contribution is 2.23. The smallest absolute Gasteiger partial charge is 0.201 e. The Morgan fingerprint density at radius 2 is 1.80 bits per heavy atom. The molecule has 0 aliphatic rings. The lowest BCUT2D eigenvalue weighted by atomic mass is 10.1. The number of benzene rings is 1. The van der Waals surface area contributed by atoms with Crippen molar-refractivity contribution in [2.45, 2.75) is 52.0 Å². The van der Waals surface area contributed by atoms with Crippen molar-refractivity contribution >= 4 is 17.0 Å². The van der Waals surface area contributed by atoms with E-state index in [1.165, 1.54) is 25.3 Å². The fourth-order valence-corrected chi connectivity index (χ4v) is 2.45. The Kier molecular flexibility index (Phi) is 4.93. The highest BCUT2D eigenvalue weighted by Gasteiger charge is 2.15. The molecule has 0 bridgehead atoms. The summed E-state index contributed by atoms with van der Waals surface area (Å²) in [6.07, 6.45) is 6.81. The molecule has 0 unspecified atom stereocenters. The lowest BCUT2D eigenvalue weighted by Gasteiger charge is -2.07. The summed E-state index contributed by atoms with van der Waals surface area (Å²) in [5, 5.41) is 0. The number of nitrogens with zero attached hydrogens (tertiary/aromatic N) is 2. The summed E-state index contributed by atoms with van der Waals surface area (Å²) in [7, 11) is 0. The molecule has 0 spiro atoms. The van der Waals surface area contributed by atoms with Crippen LogP contribution in [0.15, 0.2) is 12.1 Å². The average Bonchev–Trinajstić information content (AvgIpc) is 2.75. The molecule has 0 radical (unpaired) electrons. The molecule has 2 aromatic rings. The van der Waals surface area contributed by atoms with E-state index >= 15 is 0 Å². The van der Waals surface area contributed by atoms with E-state index in [4.69, 9.17) is 5.73 Å². The lowest BCUT2D eigenvalue weighted by molar-refractivity contribution is 0.508. The van der Waals surface area contributed by atoms with Crippen LogP contribution in [0.2, 0.25) is 0 Å². The Hall–Kier alpha value is -1.65. The summed E-state index contributed by atoms with van der Waals surface area (Å²) in [5.74, 6) is -1.47. The quantitative estimate of drug-likeness (QED) is 0.771. The first kappa shape index (κ1) is 14.8. The summed E-state index contributed by atoms with van der Waals surface area (Å²) in [5.41, 5.74) is 6.38. The third-order valence-electron chi connectivity index (χ3n) is 3.56.